The van der Waals surface area contributed by atoms with Crippen molar-refractivity contribution < 1.29 is 33.7 Å². The van der Waals surface area contributed by atoms with Gasteiger partial charge in [0.25, 0.3) is 0 Å². The number of aliphatic carboxylic acids is 1. The van der Waals surface area contributed by atoms with Crippen molar-refractivity contribution in [1.82, 2.24) is 14.8 Å². The van der Waals surface area contributed by atoms with Crippen LogP contribution in [0.2, 0.25) is 5.02 Å². The molecular weight excluding hydrogens is 534 g/mol. The Morgan fingerprint density at radius 3 is 2.32 bits per heavy atom. The van der Waals surface area contributed by atoms with Gasteiger partial charge in [-0.1, -0.05) is 17.7 Å². The molecule has 0 bridgehead atoms. The molecule has 12 heteroatoms. The fraction of sp³-hybridized carbons (Fsp3) is 0.154. The van der Waals surface area contributed by atoms with E-state index in [9.17, 15) is 14.7 Å². The van der Waals surface area contributed by atoms with Gasteiger partial charge >= 0.3 is 11.9 Å². The molecule has 0 saturated heterocycles. The Bertz CT molecular complexity index is 1520. The molecule has 0 amide bonds. The largest absolute Gasteiger partial charge is 0.497 e. The van der Waals surface area contributed by atoms with Crippen LogP contribution in [0.25, 0.3) is 28.8 Å². The van der Waals surface area contributed by atoms with Crippen molar-refractivity contribution in [2.45, 2.75) is 18.6 Å². The normalized spacial score (nSPS) is 11.4. The Morgan fingerprint density at radius 1 is 1.03 bits per heavy atom. The van der Waals surface area contributed by atoms with Gasteiger partial charge in [-0.25, -0.2) is 9.59 Å². The number of carbonyl (C=O) groups is 2. The smallest absolute Gasteiger partial charge is 0.342 e. The zero-order valence-electron chi connectivity index (χ0n) is 20.5. The van der Waals surface area contributed by atoms with E-state index in [1.165, 1.54) is 18.2 Å². The summed E-state index contributed by atoms with van der Waals surface area (Å²) in [5, 5.41) is 28.0. The lowest BCUT2D eigenvalue weighted by atomic mass is 10.1. The van der Waals surface area contributed by atoms with Crippen LogP contribution in [0.3, 0.4) is 0 Å². The lowest BCUT2D eigenvalue weighted by molar-refractivity contribution is -0.131. The molecule has 4 rings (SSSR count). The average molecular weight is 556 g/mol. The number of ether oxygens (including phenoxy) is 2. The van der Waals surface area contributed by atoms with E-state index in [0.717, 1.165) is 11.8 Å². The minimum Gasteiger partial charge on any atom is -0.497 e. The second-order valence-corrected chi connectivity index (χ2v) is 9.19. The molecule has 2 aromatic carbocycles. The first-order valence-electron chi connectivity index (χ1n) is 11.2. The number of carboxylic acids is 2. The molecule has 10 nitrogen and oxygen atoms in total. The van der Waals surface area contributed by atoms with Gasteiger partial charge in [-0.15, -0.1) is 10.2 Å². The van der Waals surface area contributed by atoms with E-state index in [1.54, 1.807) is 55.2 Å². The van der Waals surface area contributed by atoms with E-state index in [-0.39, 0.29) is 21.3 Å². The molecule has 4 aromatic rings. The van der Waals surface area contributed by atoms with Gasteiger partial charge in [0.2, 0.25) is 0 Å². The highest BCUT2D eigenvalue weighted by Crippen LogP contribution is 2.34. The SMILES string of the molecule is CCn1c(S/C(=C\c2ccc(-c3ccc(C(=O)O)c(Cl)c3)o2)C(=O)O)nnc1-c1cc(OC)cc(OC)c1. The average Bonchev–Trinajstić information content (AvgIpc) is 3.54. The molecule has 0 atom stereocenters. The molecule has 0 aliphatic heterocycles. The summed E-state index contributed by atoms with van der Waals surface area (Å²) >= 11 is 6.99. The van der Waals surface area contributed by atoms with Crippen molar-refractivity contribution >= 4 is 41.4 Å². The number of benzene rings is 2. The first-order valence-corrected chi connectivity index (χ1v) is 12.4. The van der Waals surface area contributed by atoms with E-state index in [2.05, 4.69) is 10.2 Å². The molecule has 38 heavy (non-hydrogen) atoms. The number of carboxylic acid groups (broad SMARTS) is 2. The summed E-state index contributed by atoms with van der Waals surface area (Å²) in [7, 11) is 3.10. The fourth-order valence-electron chi connectivity index (χ4n) is 3.59. The first-order chi connectivity index (χ1) is 18.2. The van der Waals surface area contributed by atoms with Crippen molar-refractivity contribution in [2.75, 3.05) is 14.2 Å². The number of rotatable bonds is 10. The van der Waals surface area contributed by atoms with Crippen molar-refractivity contribution in [3.8, 4) is 34.2 Å². The Morgan fingerprint density at radius 2 is 1.74 bits per heavy atom. The summed E-state index contributed by atoms with van der Waals surface area (Å²) in [4.78, 5) is 23.2. The minimum atomic E-state index is -1.17. The molecular formula is C26H22ClN3O7S. The van der Waals surface area contributed by atoms with Crippen molar-refractivity contribution in [3.05, 3.63) is 69.8 Å². The molecule has 0 unspecified atom stereocenters. The van der Waals surface area contributed by atoms with Crippen LogP contribution in [0.5, 0.6) is 11.5 Å². The Hall–Kier alpha value is -4.22. The molecule has 0 saturated carbocycles. The lowest BCUT2D eigenvalue weighted by Gasteiger charge is -2.10. The molecule has 2 heterocycles. The maximum absolute atomic E-state index is 12.1. The molecule has 0 fully saturated rings. The topological polar surface area (TPSA) is 137 Å². The third-order valence-electron chi connectivity index (χ3n) is 5.44. The molecule has 0 aliphatic rings. The maximum atomic E-state index is 12.1. The van der Waals surface area contributed by atoms with E-state index < -0.39 is 11.9 Å². The van der Waals surface area contributed by atoms with Gasteiger partial charge in [0.05, 0.1) is 24.8 Å². The number of nitrogens with zero attached hydrogens (tertiary/aromatic N) is 3. The second kappa shape index (κ2) is 11.4. The van der Waals surface area contributed by atoms with E-state index in [1.807, 2.05) is 6.92 Å². The standard InChI is InChI=1S/C26H22ClN3O7S/c1-4-30-23(15-9-17(35-2)12-18(10-15)36-3)28-29-26(30)38-22(25(33)34)13-16-6-8-21(37-16)14-5-7-19(24(31)32)20(27)11-14/h5-13H,4H2,1-3H3,(H,31,32)(H,33,34)/b22-13-. The quantitative estimate of drug-likeness (QED) is 0.182. The van der Waals surface area contributed by atoms with Crippen molar-refractivity contribution in [3.63, 3.8) is 0 Å². The third-order valence-corrected chi connectivity index (χ3v) is 6.75. The summed E-state index contributed by atoms with van der Waals surface area (Å²) < 4.78 is 18.3. The molecule has 2 aromatic heterocycles. The maximum Gasteiger partial charge on any atom is 0.342 e. The molecule has 0 radical (unpaired) electrons. The summed E-state index contributed by atoms with van der Waals surface area (Å²) in [5.41, 5.74) is 1.22. The zero-order chi connectivity index (χ0) is 27.4. The third kappa shape index (κ3) is 5.68. The second-order valence-electron chi connectivity index (χ2n) is 7.77. The van der Waals surface area contributed by atoms with E-state index >= 15 is 0 Å². The van der Waals surface area contributed by atoms with E-state index in [0.29, 0.717) is 45.9 Å². The zero-order valence-corrected chi connectivity index (χ0v) is 22.0. The molecule has 2 N–H and O–H groups in total. The number of thioether (sulfide) groups is 1. The molecule has 196 valence electrons. The summed E-state index contributed by atoms with van der Waals surface area (Å²) in [6, 6.07) is 13.0. The van der Waals surface area contributed by atoms with E-state index in [4.69, 9.17) is 30.6 Å². The number of furan rings is 1. The van der Waals surface area contributed by atoms with Crippen molar-refractivity contribution in [1.29, 1.82) is 0 Å². The Kier molecular flexibility index (Phi) is 8.08. The fourth-order valence-corrected chi connectivity index (χ4v) is 4.72. The van der Waals surface area contributed by atoms with Gasteiger partial charge in [-0.2, -0.15) is 0 Å². The molecule has 0 spiro atoms. The number of aromatic carboxylic acids is 1. The molecule has 0 aliphatic carbocycles. The highest BCUT2D eigenvalue weighted by atomic mass is 35.5. The van der Waals surface area contributed by atoms with Crippen molar-refractivity contribution in [2.24, 2.45) is 0 Å². The van der Waals surface area contributed by atoms with Gasteiger partial charge in [-0.3, -0.25) is 0 Å². The van der Waals surface area contributed by atoms with Crippen LogP contribution in [0, 0.1) is 0 Å². The number of hydrogen-bond acceptors (Lipinski definition) is 8. The van der Waals surface area contributed by atoms with Gasteiger partial charge in [0.1, 0.15) is 27.9 Å². The van der Waals surface area contributed by atoms with Crippen LogP contribution >= 0.6 is 23.4 Å². The van der Waals surface area contributed by atoms with Crippen LogP contribution in [-0.4, -0.2) is 51.1 Å². The predicted octanol–water partition coefficient (Wildman–Crippen LogP) is 5.81. The monoisotopic (exact) mass is 555 g/mol. The number of hydrogen-bond donors (Lipinski definition) is 2. The minimum absolute atomic E-state index is 0.0292. The van der Waals surface area contributed by atoms with Crippen LogP contribution in [0.15, 0.2) is 63.0 Å². The number of halogens is 1. The number of methoxy groups -OCH3 is 2. The summed E-state index contributed by atoms with van der Waals surface area (Å²) in [6.45, 7) is 2.38. The predicted molar refractivity (Wildman–Crippen MR) is 142 cm³/mol. The van der Waals surface area contributed by atoms with Crippen LogP contribution < -0.4 is 9.47 Å². The lowest BCUT2D eigenvalue weighted by Crippen LogP contribution is -2.03. The number of aromatic nitrogens is 3. The van der Waals surface area contributed by atoms with Gasteiger partial charge in [-0.05, 0) is 55.1 Å². The van der Waals surface area contributed by atoms with Crippen LogP contribution in [-0.2, 0) is 11.3 Å². The van der Waals surface area contributed by atoms with Gasteiger partial charge in [0.15, 0.2) is 11.0 Å². The summed E-state index contributed by atoms with van der Waals surface area (Å²) in [6.07, 6.45) is 1.38. The van der Waals surface area contributed by atoms with Crippen LogP contribution in [0.4, 0.5) is 0 Å². The highest BCUT2D eigenvalue weighted by Gasteiger charge is 2.20. The Labute approximate surface area is 226 Å². The Balaban J connectivity index is 1.64. The highest BCUT2D eigenvalue weighted by molar-refractivity contribution is 8.04. The van der Waals surface area contributed by atoms with Crippen LogP contribution in [0.1, 0.15) is 23.0 Å². The summed E-state index contributed by atoms with van der Waals surface area (Å²) in [5.74, 6) is 0.0625. The van der Waals surface area contributed by atoms with Gasteiger partial charge in [0, 0.05) is 29.8 Å². The first kappa shape index (κ1) is 26.8. The van der Waals surface area contributed by atoms with Gasteiger partial charge < -0.3 is 28.7 Å².